The van der Waals surface area contributed by atoms with Crippen LogP contribution in [0.4, 0.5) is 0 Å². The van der Waals surface area contributed by atoms with Gasteiger partial charge in [0.05, 0.1) is 6.20 Å². The molecule has 0 N–H and O–H groups in total. The van der Waals surface area contributed by atoms with E-state index in [0.717, 1.165) is 30.6 Å². The number of aryl methyl sites for hydroxylation is 1. The third-order valence-electron chi connectivity index (χ3n) is 4.91. The average molecular weight is 397 g/mol. The maximum Gasteiger partial charge on any atom is 0.273 e. The summed E-state index contributed by atoms with van der Waals surface area (Å²) in [5.41, 5.74) is 1.51. The van der Waals surface area contributed by atoms with Gasteiger partial charge in [0.25, 0.3) is 5.91 Å². The Balaban J connectivity index is 1.54. The molecule has 0 bridgehead atoms. The van der Waals surface area contributed by atoms with Gasteiger partial charge in [0.15, 0.2) is 0 Å². The molecule has 1 fully saturated rings. The summed E-state index contributed by atoms with van der Waals surface area (Å²) in [5.74, 6) is 1.84. The Morgan fingerprint density at radius 3 is 2.82 bits per heavy atom. The minimum absolute atomic E-state index is 0.104. The molecule has 0 aliphatic carbocycles. The molecule has 1 aliphatic rings. The molecule has 144 valence electrons. The van der Waals surface area contributed by atoms with Crippen LogP contribution < -0.4 is 0 Å². The number of carbonyl (C=O) groups excluding carboxylic acids is 1. The Labute approximate surface area is 168 Å². The van der Waals surface area contributed by atoms with Crippen molar-refractivity contribution in [3.63, 3.8) is 0 Å². The van der Waals surface area contributed by atoms with Gasteiger partial charge in [-0.25, -0.2) is 15.0 Å². The zero-order valence-electron chi connectivity index (χ0n) is 15.6. The van der Waals surface area contributed by atoms with Crippen LogP contribution >= 0.6 is 11.6 Å². The second-order valence-corrected chi connectivity index (χ2v) is 7.40. The van der Waals surface area contributed by atoms with Crippen molar-refractivity contribution in [1.82, 2.24) is 19.9 Å². The van der Waals surface area contributed by atoms with E-state index < -0.39 is 0 Å². The summed E-state index contributed by atoms with van der Waals surface area (Å²) in [6.45, 7) is 2.45. The highest BCUT2D eigenvalue weighted by atomic mass is 35.5. The SMILES string of the molecule is Cc1nccc(C(=O)N2CCCCC2c2ncc(Cc3ccc(Cl)cc3)o2)n1. The highest BCUT2D eigenvalue weighted by Gasteiger charge is 2.32. The molecular formula is C21H21ClN4O2. The van der Waals surface area contributed by atoms with Crippen molar-refractivity contribution in [2.45, 2.75) is 38.6 Å². The summed E-state index contributed by atoms with van der Waals surface area (Å²) in [5, 5.41) is 0.707. The Bertz CT molecular complexity index is 971. The fourth-order valence-corrected chi connectivity index (χ4v) is 3.64. The van der Waals surface area contributed by atoms with Gasteiger partial charge < -0.3 is 9.32 Å². The molecule has 1 aromatic carbocycles. The fraction of sp³-hybridized carbons (Fsp3) is 0.333. The number of carbonyl (C=O) groups is 1. The lowest BCUT2D eigenvalue weighted by atomic mass is 10.0. The first-order valence-corrected chi connectivity index (χ1v) is 9.77. The maximum absolute atomic E-state index is 13.0. The minimum atomic E-state index is -0.171. The van der Waals surface area contributed by atoms with Gasteiger partial charge in [0.2, 0.25) is 5.89 Å². The largest absolute Gasteiger partial charge is 0.443 e. The monoisotopic (exact) mass is 396 g/mol. The van der Waals surface area contributed by atoms with Crippen LogP contribution in [0.5, 0.6) is 0 Å². The van der Waals surface area contributed by atoms with Crippen LogP contribution in [0.3, 0.4) is 0 Å². The molecule has 2 aromatic heterocycles. The number of amides is 1. The minimum Gasteiger partial charge on any atom is -0.443 e. The van der Waals surface area contributed by atoms with Crippen LogP contribution in [0.25, 0.3) is 0 Å². The highest BCUT2D eigenvalue weighted by molar-refractivity contribution is 6.30. The van der Waals surface area contributed by atoms with Crippen LogP contribution in [-0.4, -0.2) is 32.3 Å². The van der Waals surface area contributed by atoms with E-state index in [-0.39, 0.29) is 11.9 Å². The Kier molecular flexibility index (Phi) is 5.39. The normalized spacial score (nSPS) is 16.9. The Morgan fingerprint density at radius 1 is 1.21 bits per heavy atom. The van der Waals surface area contributed by atoms with Gasteiger partial charge in [0.1, 0.15) is 23.3 Å². The van der Waals surface area contributed by atoms with E-state index in [9.17, 15) is 4.79 Å². The number of aromatic nitrogens is 3. The van der Waals surface area contributed by atoms with Crippen molar-refractivity contribution >= 4 is 17.5 Å². The number of oxazole rings is 1. The molecule has 28 heavy (non-hydrogen) atoms. The molecule has 1 aliphatic heterocycles. The second-order valence-electron chi connectivity index (χ2n) is 6.97. The molecule has 6 nitrogen and oxygen atoms in total. The van der Waals surface area contributed by atoms with E-state index in [2.05, 4.69) is 15.0 Å². The van der Waals surface area contributed by atoms with Gasteiger partial charge in [-0.15, -0.1) is 0 Å². The lowest BCUT2D eigenvalue weighted by Crippen LogP contribution is -2.39. The Hall–Kier alpha value is -2.73. The van der Waals surface area contributed by atoms with Crippen LogP contribution in [0.15, 0.2) is 47.1 Å². The molecule has 0 radical (unpaired) electrons. The fourth-order valence-electron chi connectivity index (χ4n) is 3.52. The van der Waals surface area contributed by atoms with Crippen molar-refractivity contribution in [2.75, 3.05) is 6.54 Å². The molecule has 0 spiro atoms. The number of likely N-dealkylation sites (tertiary alicyclic amines) is 1. The van der Waals surface area contributed by atoms with Crippen molar-refractivity contribution < 1.29 is 9.21 Å². The number of rotatable bonds is 4. The summed E-state index contributed by atoms with van der Waals surface area (Å²) in [7, 11) is 0. The van der Waals surface area contributed by atoms with Crippen LogP contribution in [-0.2, 0) is 6.42 Å². The van der Waals surface area contributed by atoms with E-state index in [1.165, 1.54) is 0 Å². The van der Waals surface area contributed by atoms with Gasteiger partial charge in [-0.1, -0.05) is 23.7 Å². The van der Waals surface area contributed by atoms with Gasteiger partial charge in [-0.2, -0.15) is 0 Å². The molecule has 1 atom stereocenters. The summed E-state index contributed by atoms with van der Waals surface area (Å²) >= 11 is 5.94. The van der Waals surface area contributed by atoms with Gasteiger partial charge in [-0.3, -0.25) is 4.79 Å². The number of benzene rings is 1. The molecule has 4 rings (SSSR count). The molecule has 3 heterocycles. The Morgan fingerprint density at radius 2 is 2.04 bits per heavy atom. The predicted molar refractivity (Wildman–Crippen MR) is 105 cm³/mol. The van der Waals surface area contributed by atoms with Gasteiger partial charge in [-0.05, 0) is 49.9 Å². The van der Waals surface area contributed by atoms with E-state index in [0.29, 0.717) is 35.4 Å². The third-order valence-corrected chi connectivity index (χ3v) is 5.16. The van der Waals surface area contributed by atoms with E-state index in [1.807, 2.05) is 29.2 Å². The topological polar surface area (TPSA) is 72.1 Å². The lowest BCUT2D eigenvalue weighted by Gasteiger charge is -2.33. The highest BCUT2D eigenvalue weighted by Crippen LogP contribution is 2.32. The lowest BCUT2D eigenvalue weighted by molar-refractivity contribution is 0.0563. The number of halogens is 1. The predicted octanol–water partition coefficient (Wildman–Crippen LogP) is 4.38. The number of hydrogen-bond acceptors (Lipinski definition) is 5. The van der Waals surface area contributed by atoms with E-state index >= 15 is 0 Å². The van der Waals surface area contributed by atoms with Crippen LogP contribution in [0.1, 0.15) is 58.8 Å². The third kappa shape index (κ3) is 4.07. The summed E-state index contributed by atoms with van der Waals surface area (Å²) in [6.07, 6.45) is 6.82. The first kappa shape index (κ1) is 18.6. The smallest absolute Gasteiger partial charge is 0.273 e. The molecule has 1 saturated heterocycles. The van der Waals surface area contributed by atoms with Crippen LogP contribution in [0.2, 0.25) is 5.02 Å². The maximum atomic E-state index is 13.0. The van der Waals surface area contributed by atoms with Crippen molar-refractivity contribution in [3.05, 3.63) is 76.5 Å². The molecular weight excluding hydrogens is 376 g/mol. The zero-order chi connectivity index (χ0) is 19.5. The first-order valence-electron chi connectivity index (χ1n) is 9.40. The molecule has 3 aromatic rings. The van der Waals surface area contributed by atoms with Gasteiger partial charge >= 0.3 is 0 Å². The van der Waals surface area contributed by atoms with Crippen molar-refractivity contribution in [2.24, 2.45) is 0 Å². The number of piperidine rings is 1. The summed E-state index contributed by atoms with van der Waals surface area (Å²) < 4.78 is 6.03. The van der Waals surface area contributed by atoms with E-state index in [1.54, 1.807) is 25.4 Å². The standard InChI is InChI=1S/C21H21ClN4O2/c1-14-23-10-9-18(25-14)21(27)26-11-3-2-4-19(26)20-24-13-17(28-20)12-15-5-7-16(22)8-6-15/h5-10,13,19H,2-4,11-12H2,1H3. The second kappa shape index (κ2) is 8.10. The number of hydrogen-bond donors (Lipinski definition) is 0. The van der Waals surface area contributed by atoms with Crippen molar-refractivity contribution in [3.8, 4) is 0 Å². The molecule has 1 amide bonds. The molecule has 0 saturated carbocycles. The van der Waals surface area contributed by atoms with E-state index in [4.69, 9.17) is 16.0 Å². The quantitative estimate of drug-likeness (QED) is 0.654. The number of nitrogens with zero attached hydrogens (tertiary/aromatic N) is 4. The zero-order valence-corrected chi connectivity index (χ0v) is 16.4. The summed E-state index contributed by atoms with van der Waals surface area (Å²) in [4.78, 5) is 27.7. The van der Waals surface area contributed by atoms with Crippen molar-refractivity contribution in [1.29, 1.82) is 0 Å². The molecule has 7 heteroatoms. The summed E-state index contributed by atoms with van der Waals surface area (Å²) in [6, 6.07) is 9.15. The van der Waals surface area contributed by atoms with Crippen LogP contribution in [0, 0.1) is 6.92 Å². The van der Waals surface area contributed by atoms with Gasteiger partial charge in [0, 0.05) is 24.2 Å². The average Bonchev–Trinajstić information content (AvgIpc) is 3.17. The molecule has 1 unspecified atom stereocenters. The first-order chi connectivity index (χ1) is 13.6.